The SMILES string of the molecule is NOCC1OC1N. The molecule has 4 nitrogen and oxygen atoms in total. The lowest BCUT2D eigenvalue weighted by Crippen LogP contribution is -2.13. The van der Waals surface area contributed by atoms with E-state index < -0.39 is 0 Å². The lowest BCUT2D eigenvalue weighted by atomic mass is 10.5. The minimum atomic E-state index is -0.136. The van der Waals surface area contributed by atoms with Crippen molar-refractivity contribution >= 4 is 0 Å². The van der Waals surface area contributed by atoms with Crippen LogP contribution in [-0.2, 0) is 9.57 Å². The molecule has 4 heteroatoms. The second-order valence-corrected chi connectivity index (χ2v) is 1.47. The van der Waals surface area contributed by atoms with E-state index in [1.54, 1.807) is 0 Å². The van der Waals surface area contributed by atoms with E-state index in [0.29, 0.717) is 6.61 Å². The van der Waals surface area contributed by atoms with Crippen LogP contribution in [0.3, 0.4) is 0 Å². The van der Waals surface area contributed by atoms with E-state index in [0.717, 1.165) is 0 Å². The maximum absolute atomic E-state index is 5.19. The molecule has 1 heterocycles. The predicted octanol–water partition coefficient (Wildman–Crippen LogP) is -1.44. The molecule has 0 spiro atoms. The molecule has 42 valence electrons. The van der Waals surface area contributed by atoms with Gasteiger partial charge in [0.2, 0.25) is 0 Å². The highest BCUT2D eigenvalue weighted by molar-refractivity contribution is 4.77. The van der Waals surface area contributed by atoms with Gasteiger partial charge in [-0.25, -0.2) is 5.90 Å². The summed E-state index contributed by atoms with van der Waals surface area (Å²) in [5.41, 5.74) is 5.19. The molecule has 1 aliphatic heterocycles. The van der Waals surface area contributed by atoms with Crippen LogP contribution >= 0.6 is 0 Å². The highest BCUT2D eigenvalue weighted by Gasteiger charge is 2.34. The Bertz CT molecular complexity index is 68.0. The molecule has 1 rings (SSSR count). The number of rotatable bonds is 2. The van der Waals surface area contributed by atoms with Crippen molar-refractivity contribution in [1.29, 1.82) is 0 Å². The lowest BCUT2D eigenvalue weighted by molar-refractivity contribution is 0.119. The van der Waals surface area contributed by atoms with Crippen molar-refractivity contribution in [1.82, 2.24) is 0 Å². The molecule has 2 atom stereocenters. The van der Waals surface area contributed by atoms with Crippen LogP contribution in [0.1, 0.15) is 0 Å². The molecule has 1 saturated heterocycles. The monoisotopic (exact) mass is 104 g/mol. The Kier molecular flexibility index (Phi) is 1.25. The Morgan fingerprint density at radius 1 is 1.71 bits per heavy atom. The van der Waals surface area contributed by atoms with Crippen molar-refractivity contribution in [3.63, 3.8) is 0 Å². The second kappa shape index (κ2) is 1.75. The Labute approximate surface area is 41.3 Å². The zero-order chi connectivity index (χ0) is 5.28. The van der Waals surface area contributed by atoms with Crippen LogP contribution in [-0.4, -0.2) is 18.9 Å². The lowest BCUT2D eigenvalue weighted by Gasteiger charge is -1.85. The van der Waals surface area contributed by atoms with E-state index in [9.17, 15) is 0 Å². The standard InChI is InChI=1S/C3H8N2O2/c4-3-2(7-3)1-6-5/h2-3H,1,4-5H2. The number of ether oxygens (including phenoxy) is 1. The Morgan fingerprint density at radius 2 is 2.29 bits per heavy atom. The van der Waals surface area contributed by atoms with Crippen LogP contribution in [0.2, 0.25) is 0 Å². The van der Waals surface area contributed by atoms with E-state index in [4.69, 9.17) is 16.4 Å². The third-order valence-electron chi connectivity index (χ3n) is 0.882. The van der Waals surface area contributed by atoms with Crippen LogP contribution in [0.15, 0.2) is 0 Å². The minimum absolute atomic E-state index is 0.0463. The van der Waals surface area contributed by atoms with Gasteiger partial charge in [-0.2, -0.15) is 0 Å². The van der Waals surface area contributed by atoms with Crippen molar-refractivity contribution in [3.05, 3.63) is 0 Å². The zero-order valence-electron chi connectivity index (χ0n) is 3.83. The maximum Gasteiger partial charge on any atom is 0.135 e. The summed E-state index contributed by atoms with van der Waals surface area (Å²) in [5, 5.41) is 0. The molecule has 0 aliphatic carbocycles. The molecular weight excluding hydrogens is 96.0 g/mol. The van der Waals surface area contributed by atoms with Crippen molar-refractivity contribution in [2.45, 2.75) is 12.3 Å². The average Bonchev–Trinajstić information content (AvgIpc) is 2.22. The van der Waals surface area contributed by atoms with Crippen molar-refractivity contribution in [2.75, 3.05) is 6.61 Å². The molecule has 7 heavy (non-hydrogen) atoms. The van der Waals surface area contributed by atoms with Gasteiger partial charge in [-0.05, 0) is 0 Å². The zero-order valence-corrected chi connectivity index (χ0v) is 3.83. The van der Waals surface area contributed by atoms with Gasteiger partial charge in [0.1, 0.15) is 12.3 Å². The summed E-state index contributed by atoms with van der Waals surface area (Å²) in [5.74, 6) is 4.70. The quantitative estimate of drug-likeness (QED) is 0.332. The van der Waals surface area contributed by atoms with Gasteiger partial charge in [-0.15, -0.1) is 0 Å². The summed E-state index contributed by atoms with van der Waals surface area (Å²) in [6.07, 6.45) is -0.0893. The molecule has 0 amide bonds. The Hall–Kier alpha value is -0.160. The largest absolute Gasteiger partial charge is 0.351 e. The van der Waals surface area contributed by atoms with Crippen LogP contribution in [0.25, 0.3) is 0 Å². The van der Waals surface area contributed by atoms with Gasteiger partial charge in [0.15, 0.2) is 0 Å². The fourth-order valence-electron chi connectivity index (χ4n) is 0.385. The first-order valence-electron chi connectivity index (χ1n) is 2.07. The first-order chi connectivity index (χ1) is 3.34. The van der Waals surface area contributed by atoms with Gasteiger partial charge < -0.3 is 15.3 Å². The number of hydrogen-bond donors (Lipinski definition) is 2. The van der Waals surface area contributed by atoms with E-state index in [2.05, 4.69) is 4.84 Å². The topological polar surface area (TPSA) is 73.8 Å². The third kappa shape index (κ3) is 1.10. The van der Waals surface area contributed by atoms with Gasteiger partial charge in [0, 0.05) is 0 Å². The summed E-state index contributed by atoms with van der Waals surface area (Å²) >= 11 is 0. The molecule has 2 unspecified atom stereocenters. The van der Waals surface area contributed by atoms with Gasteiger partial charge in [-0.3, -0.25) is 0 Å². The number of nitrogens with two attached hydrogens (primary N) is 2. The molecule has 1 aliphatic rings. The molecule has 0 aromatic heterocycles. The van der Waals surface area contributed by atoms with Gasteiger partial charge >= 0.3 is 0 Å². The van der Waals surface area contributed by atoms with Crippen molar-refractivity contribution < 1.29 is 9.57 Å². The smallest absolute Gasteiger partial charge is 0.135 e. The fourth-order valence-corrected chi connectivity index (χ4v) is 0.385. The fraction of sp³-hybridized carbons (Fsp3) is 1.00. The summed E-state index contributed by atoms with van der Waals surface area (Å²) in [6.45, 7) is 0.404. The van der Waals surface area contributed by atoms with E-state index in [1.807, 2.05) is 0 Å². The van der Waals surface area contributed by atoms with Crippen molar-refractivity contribution in [3.8, 4) is 0 Å². The Morgan fingerprint density at radius 3 is 2.43 bits per heavy atom. The van der Waals surface area contributed by atoms with Crippen LogP contribution in [0.4, 0.5) is 0 Å². The highest BCUT2D eigenvalue weighted by atomic mass is 16.7. The Balaban J connectivity index is 1.98. The first-order valence-corrected chi connectivity index (χ1v) is 2.07. The normalized spacial score (nSPS) is 38.6. The average molecular weight is 104 g/mol. The van der Waals surface area contributed by atoms with Crippen LogP contribution in [0, 0.1) is 0 Å². The van der Waals surface area contributed by atoms with Crippen LogP contribution < -0.4 is 11.6 Å². The summed E-state index contributed by atoms with van der Waals surface area (Å²) in [7, 11) is 0. The molecule has 0 radical (unpaired) electrons. The van der Waals surface area contributed by atoms with E-state index in [1.165, 1.54) is 0 Å². The summed E-state index contributed by atoms with van der Waals surface area (Å²) in [6, 6.07) is 0. The molecule has 1 fully saturated rings. The molecule has 0 aromatic rings. The molecule has 0 bridgehead atoms. The minimum Gasteiger partial charge on any atom is -0.351 e. The number of epoxide rings is 1. The van der Waals surface area contributed by atoms with E-state index in [-0.39, 0.29) is 12.3 Å². The third-order valence-corrected chi connectivity index (χ3v) is 0.882. The van der Waals surface area contributed by atoms with Gasteiger partial charge in [0.05, 0.1) is 6.61 Å². The maximum atomic E-state index is 5.19. The predicted molar refractivity (Wildman–Crippen MR) is 23.0 cm³/mol. The summed E-state index contributed by atoms with van der Waals surface area (Å²) < 4.78 is 4.73. The molecule has 4 N–H and O–H groups in total. The highest BCUT2D eigenvalue weighted by Crippen LogP contribution is 2.14. The first kappa shape index (κ1) is 4.99. The molecular formula is C3H8N2O2. The van der Waals surface area contributed by atoms with Gasteiger partial charge in [0.25, 0.3) is 0 Å². The van der Waals surface area contributed by atoms with E-state index >= 15 is 0 Å². The second-order valence-electron chi connectivity index (χ2n) is 1.47. The number of hydrogen-bond acceptors (Lipinski definition) is 4. The summed E-state index contributed by atoms with van der Waals surface area (Å²) in [4.78, 5) is 4.23. The molecule has 0 saturated carbocycles. The molecule has 0 aromatic carbocycles. The van der Waals surface area contributed by atoms with Crippen LogP contribution in [0.5, 0.6) is 0 Å². The van der Waals surface area contributed by atoms with Crippen molar-refractivity contribution in [2.24, 2.45) is 11.6 Å². The van der Waals surface area contributed by atoms with Gasteiger partial charge in [-0.1, -0.05) is 0 Å².